The number of aliphatic hydroxyl groups is 2. The highest BCUT2D eigenvalue weighted by Crippen LogP contribution is 2.33. The van der Waals surface area contributed by atoms with Crippen molar-refractivity contribution < 1.29 is 10.2 Å². The van der Waals surface area contributed by atoms with E-state index in [4.69, 9.17) is 5.11 Å². The fourth-order valence-electron chi connectivity index (χ4n) is 2.23. The minimum absolute atomic E-state index is 0.00307. The van der Waals surface area contributed by atoms with Crippen molar-refractivity contribution >= 4 is 5.82 Å². The van der Waals surface area contributed by atoms with E-state index in [0.29, 0.717) is 12.6 Å². The zero-order chi connectivity index (χ0) is 12.4. The molecule has 0 spiro atoms. The Morgan fingerprint density at radius 1 is 1.35 bits per heavy atom. The molecule has 0 radical (unpaired) electrons. The highest BCUT2D eigenvalue weighted by atomic mass is 16.3. The topological polar surface area (TPSA) is 56.6 Å². The van der Waals surface area contributed by atoms with Gasteiger partial charge in [-0.1, -0.05) is 0 Å². The van der Waals surface area contributed by atoms with Crippen molar-refractivity contribution in [1.82, 2.24) is 4.98 Å². The summed E-state index contributed by atoms with van der Waals surface area (Å²) in [6, 6.07) is 2.47. The molecule has 0 saturated heterocycles. The second-order valence-corrected chi connectivity index (χ2v) is 4.69. The second kappa shape index (κ2) is 5.02. The van der Waals surface area contributed by atoms with Crippen LogP contribution in [-0.2, 0) is 6.61 Å². The molecule has 0 aliphatic heterocycles. The number of pyridine rings is 1. The van der Waals surface area contributed by atoms with Crippen molar-refractivity contribution in [3.63, 3.8) is 0 Å². The Labute approximate surface area is 102 Å². The van der Waals surface area contributed by atoms with Crippen molar-refractivity contribution in [2.24, 2.45) is 0 Å². The van der Waals surface area contributed by atoms with Crippen LogP contribution in [0.25, 0.3) is 0 Å². The average Bonchev–Trinajstić information content (AvgIpc) is 3.08. The standard InChI is InChI=1S/C13H20N2O2/c1-9-7-10(2)14-13(12(9)8-17)15(5-6-16)11-3-4-11/h7,11,16-17H,3-6,8H2,1-2H3. The van der Waals surface area contributed by atoms with Crippen LogP contribution in [0, 0.1) is 13.8 Å². The lowest BCUT2D eigenvalue weighted by Crippen LogP contribution is -2.31. The Kier molecular flexibility index (Phi) is 3.64. The van der Waals surface area contributed by atoms with Gasteiger partial charge in [0.1, 0.15) is 5.82 Å². The van der Waals surface area contributed by atoms with Gasteiger partial charge in [0, 0.05) is 23.8 Å². The third-order valence-electron chi connectivity index (χ3n) is 3.21. The molecular formula is C13H20N2O2. The van der Waals surface area contributed by atoms with E-state index >= 15 is 0 Å². The van der Waals surface area contributed by atoms with Crippen molar-refractivity contribution in [2.45, 2.75) is 39.3 Å². The molecule has 2 rings (SSSR count). The maximum Gasteiger partial charge on any atom is 0.134 e. The van der Waals surface area contributed by atoms with E-state index in [1.54, 1.807) is 0 Å². The van der Waals surface area contributed by atoms with E-state index in [0.717, 1.165) is 35.5 Å². The summed E-state index contributed by atoms with van der Waals surface area (Å²) in [5.74, 6) is 0.849. The van der Waals surface area contributed by atoms with Crippen LogP contribution in [0.3, 0.4) is 0 Å². The van der Waals surface area contributed by atoms with E-state index in [1.165, 1.54) is 0 Å². The molecule has 2 N–H and O–H groups in total. The van der Waals surface area contributed by atoms with Crippen LogP contribution in [0.1, 0.15) is 29.7 Å². The van der Waals surface area contributed by atoms with Crippen molar-refractivity contribution in [1.29, 1.82) is 0 Å². The first-order valence-electron chi connectivity index (χ1n) is 6.13. The van der Waals surface area contributed by atoms with Gasteiger partial charge in [0.15, 0.2) is 0 Å². The number of aliphatic hydroxyl groups excluding tert-OH is 2. The predicted octanol–water partition coefficient (Wildman–Crippen LogP) is 1.15. The van der Waals surface area contributed by atoms with Crippen molar-refractivity contribution in [3.05, 3.63) is 22.9 Å². The molecule has 1 aliphatic rings. The first-order valence-corrected chi connectivity index (χ1v) is 6.13. The summed E-state index contributed by atoms with van der Waals surface area (Å²) < 4.78 is 0. The number of aryl methyl sites for hydroxylation is 2. The molecule has 1 heterocycles. The van der Waals surface area contributed by atoms with E-state index in [-0.39, 0.29) is 13.2 Å². The smallest absolute Gasteiger partial charge is 0.134 e. The van der Waals surface area contributed by atoms with Gasteiger partial charge in [0.25, 0.3) is 0 Å². The van der Waals surface area contributed by atoms with Crippen molar-refractivity contribution in [3.8, 4) is 0 Å². The Bertz CT molecular complexity index is 403. The molecule has 1 aliphatic carbocycles. The van der Waals surface area contributed by atoms with E-state index in [1.807, 2.05) is 19.9 Å². The lowest BCUT2D eigenvalue weighted by atomic mass is 10.1. The fraction of sp³-hybridized carbons (Fsp3) is 0.615. The SMILES string of the molecule is Cc1cc(C)c(CO)c(N(CCO)C2CC2)n1. The number of nitrogens with zero attached hydrogens (tertiary/aromatic N) is 2. The van der Waals surface area contributed by atoms with Crippen molar-refractivity contribution in [2.75, 3.05) is 18.1 Å². The first-order chi connectivity index (χ1) is 8.17. The monoisotopic (exact) mass is 236 g/mol. The van der Waals surface area contributed by atoms with Gasteiger partial charge >= 0.3 is 0 Å². The van der Waals surface area contributed by atoms with Gasteiger partial charge < -0.3 is 15.1 Å². The van der Waals surface area contributed by atoms with Gasteiger partial charge in [0.2, 0.25) is 0 Å². The van der Waals surface area contributed by atoms with Gasteiger partial charge in [-0.25, -0.2) is 4.98 Å². The third kappa shape index (κ3) is 2.58. The Morgan fingerprint density at radius 3 is 2.59 bits per heavy atom. The molecule has 0 unspecified atom stereocenters. The summed E-state index contributed by atoms with van der Waals surface area (Å²) in [4.78, 5) is 6.67. The van der Waals surface area contributed by atoms with Gasteiger partial charge in [-0.15, -0.1) is 0 Å². The summed E-state index contributed by atoms with van der Waals surface area (Å²) >= 11 is 0. The molecule has 4 heteroatoms. The van der Waals surface area contributed by atoms with Crippen LogP contribution in [0.5, 0.6) is 0 Å². The maximum atomic E-state index is 9.48. The minimum atomic E-state index is 0.00307. The Morgan fingerprint density at radius 2 is 2.06 bits per heavy atom. The van der Waals surface area contributed by atoms with Crippen LogP contribution in [0.15, 0.2) is 6.07 Å². The molecular weight excluding hydrogens is 216 g/mol. The highest BCUT2D eigenvalue weighted by Gasteiger charge is 2.31. The summed E-state index contributed by atoms with van der Waals surface area (Å²) in [5.41, 5.74) is 2.91. The normalized spacial score (nSPS) is 15.1. The molecule has 1 fully saturated rings. The molecule has 0 aromatic carbocycles. The molecule has 1 aromatic rings. The Balaban J connectivity index is 2.39. The van der Waals surface area contributed by atoms with E-state index in [2.05, 4.69) is 9.88 Å². The van der Waals surface area contributed by atoms with Crippen LogP contribution in [0.4, 0.5) is 5.82 Å². The second-order valence-electron chi connectivity index (χ2n) is 4.69. The number of rotatable bonds is 5. The molecule has 1 saturated carbocycles. The summed E-state index contributed by atoms with van der Waals surface area (Å²) in [6.07, 6.45) is 2.30. The molecule has 0 atom stereocenters. The van der Waals surface area contributed by atoms with E-state index in [9.17, 15) is 5.11 Å². The highest BCUT2D eigenvalue weighted by molar-refractivity contribution is 5.53. The summed E-state index contributed by atoms with van der Waals surface area (Å²) in [6.45, 7) is 4.67. The van der Waals surface area contributed by atoms with Gasteiger partial charge in [-0.2, -0.15) is 0 Å². The quantitative estimate of drug-likeness (QED) is 0.805. The van der Waals surface area contributed by atoms with Gasteiger partial charge in [-0.05, 0) is 38.3 Å². The maximum absolute atomic E-state index is 9.48. The van der Waals surface area contributed by atoms with E-state index < -0.39 is 0 Å². The molecule has 94 valence electrons. The molecule has 0 bridgehead atoms. The van der Waals surface area contributed by atoms with Crippen LogP contribution >= 0.6 is 0 Å². The number of aromatic nitrogens is 1. The average molecular weight is 236 g/mol. The first kappa shape index (κ1) is 12.3. The zero-order valence-electron chi connectivity index (χ0n) is 10.5. The Hall–Kier alpha value is -1.13. The van der Waals surface area contributed by atoms with Crippen LogP contribution in [0.2, 0.25) is 0 Å². The third-order valence-corrected chi connectivity index (χ3v) is 3.21. The minimum Gasteiger partial charge on any atom is -0.395 e. The van der Waals surface area contributed by atoms with Gasteiger partial charge in [0.05, 0.1) is 13.2 Å². The summed E-state index contributed by atoms with van der Waals surface area (Å²) in [7, 11) is 0. The summed E-state index contributed by atoms with van der Waals surface area (Å²) in [5, 5.41) is 18.6. The largest absolute Gasteiger partial charge is 0.395 e. The fourth-order valence-corrected chi connectivity index (χ4v) is 2.23. The lowest BCUT2D eigenvalue weighted by Gasteiger charge is -2.26. The number of hydrogen-bond donors (Lipinski definition) is 2. The molecule has 4 nitrogen and oxygen atoms in total. The zero-order valence-corrected chi connectivity index (χ0v) is 10.5. The van der Waals surface area contributed by atoms with Crippen LogP contribution < -0.4 is 4.90 Å². The molecule has 17 heavy (non-hydrogen) atoms. The van der Waals surface area contributed by atoms with Gasteiger partial charge in [-0.3, -0.25) is 0 Å². The molecule has 1 aromatic heterocycles. The number of hydrogen-bond acceptors (Lipinski definition) is 4. The molecule has 0 amide bonds. The van der Waals surface area contributed by atoms with Crippen LogP contribution in [-0.4, -0.2) is 34.4 Å². The lowest BCUT2D eigenvalue weighted by molar-refractivity contribution is 0.279. The number of anilines is 1. The predicted molar refractivity (Wildman–Crippen MR) is 67.1 cm³/mol.